The van der Waals surface area contributed by atoms with Gasteiger partial charge in [0.25, 0.3) is 0 Å². The number of nitrogens with one attached hydrogen (secondary N) is 1. The lowest BCUT2D eigenvalue weighted by atomic mass is 10.1. The van der Waals surface area contributed by atoms with Gasteiger partial charge < -0.3 is 5.32 Å². The van der Waals surface area contributed by atoms with Gasteiger partial charge in [-0.15, -0.1) is 11.3 Å². The standard InChI is InChI=1S/C14H12ClFN2S/c15-14-4-2-12(19-14)5-6-18-9-11-7-10(8-17)1-3-13(11)16/h1-4,7,18H,5-6,9H2. The Balaban J connectivity index is 1.84. The highest BCUT2D eigenvalue weighted by Gasteiger charge is 2.03. The fraction of sp³-hybridized carbons (Fsp3) is 0.214. The minimum absolute atomic E-state index is 0.286. The molecule has 0 radical (unpaired) electrons. The third kappa shape index (κ3) is 4.03. The molecule has 0 unspecified atom stereocenters. The van der Waals surface area contributed by atoms with Crippen molar-refractivity contribution in [2.45, 2.75) is 13.0 Å². The molecule has 19 heavy (non-hydrogen) atoms. The van der Waals surface area contributed by atoms with Gasteiger partial charge in [-0.25, -0.2) is 4.39 Å². The van der Waals surface area contributed by atoms with Gasteiger partial charge in [0.1, 0.15) is 5.82 Å². The van der Waals surface area contributed by atoms with Gasteiger partial charge in [0.05, 0.1) is 16.0 Å². The van der Waals surface area contributed by atoms with Gasteiger partial charge in [-0.1, -0.05) is 11.6 Å². The van der Waals surface area contributed by atoms with E-state index < -0.39 is 0 Å². The average Bonchev–Trinajstić information content (AvgIpc) is 2.82. The minimum Gasteiger partial charge on any atom is -0.312 e. The SMILES string of the molecule is N#Cc1ccc(F)c(CNCCc2ccc(Cl)s2)c1. The molecule has 2 nitrogen and oxygen atoms in total. The molecule has 2 aromatic rings. The first kappa shape index (κ1) is 14.0. The number of hydrogen-bond acceptors (Lipinski definition) is 3. The number of thiophene rings is 1. The Morgan fingerprint density at radius 2 is 2.16 bits per heavy atom. The first-order chi connectivity index (χ1) is 9.19. The first-order valence-corrected chi connectivity index (χ1v) is 7.02. The summed E-state index contributed by atoms with van der Waals surface area (Å²) < 4.78 is 14.3. The number of benzene rings is 1. The molecule has 0 saturated heterocycles. The summed E-state index contributed by atoms with van der Waals surface area (Å²) >= 11 is 7.39. The zero-order valence-corrected chi connectivity index (χ0v) is 11.7. The molecule has 5 heteroatoms. The van der Waals surface area contributed by atoms with Crippen molar-refractivity contribution in [3.8, 4) is 6.07 Å². The number of halogens is 2. The van der Waals surface area contributed by atoms with E-state index in [9.17, 15) is 4.39 Å². The van der Waals surface area contributed by atoms with E-state index in [0.717, 1.165) is 17.3 Å². The van der Waals surface area contributed by atoms with Crippen molar-refractivity contribution in [3.05, 3.63) is 56.5 Å². The Morgan fingerprint density at radius 1 is 1.32 bits per heavy atom. The molecule has 98 valence electrons. The lowest BCUT2D eigenvalue weighted by Gasteiger charge is -2.05. The van der Waals surface area contributed by atoms with Crippen molar-refractivity contribution in [3.63, 3.8) is 0 Å². The number of nitrogens with zero attached hydrogens (tertiary/aromatic N) is 1. The van der Waals surface area contributed by atoms with Gasteiger partial charge in [-0.05, 0) is 36.8 Å². The molecule has 0 bridgehead atoms. The number of rotatable bonds is 5. The zero-order valence-electron chi connectivity index (χ0n) is 10.1. The maximum Gasteiger partial charge on any atom is 0.127 e. The van der Waals surface area contributed by atoms with Crippen LogP contribution in [0.5, 0.6) is 0 Å². The van der Waals surface area contributed by atoms with Gasteiger partial charge in [0.15, 0.2) is 0 Å². The van der Waals surface area contributed by atoms with E-state index in [-0.39, 0.29) is 5.82 Å². The van der Waals surface area contributed by atoms with Crippen LogP contribution >= 0.6 is 22.9 Å². The van der Waals surface area contributed by atoms with Crippen LogP contribution in [0.1, 0.15) is 16.0 Å². The molecule has 1 aromatic heterocycles. The molecule has 0 aliphatic heterocycles. The normalized spacial score (nSPS) is 10.4. The molecule has 0 aliphatic rings. The Bertz CT molecular complexity index is 604. The highest BCUT2D eigenvalue weighted by Crippen LogP contribution is 2.21. The fourth-order valence-corrected chi connectivity index (χ4v) is 2.79. The van der Waals surface area contributed by atoms with E-state index in [1.807, 2.05) is 18.2 Å². The molecule has 0 amide bonds. The van der Waals surface area contributed by atoms with Gasteiger partial charge in [-0.2, -0.15) is 5.26 Å². The highest BCUT2D eigenvalue weighted by molar-refractivity contribution is 7.16. The molecule has 0 fully saturated rings. The highest BCUT2D eigenvalue weighted by atomic mass is 35.5. The van der Waals surface area contributed by atoms with Crippen molar-refractivity contribution in [2.24, 2.45) is 0 Å². The van der Waals surface area contributed by atoms with Crippen LogP contribution in [-0.2, 0) is 13.0 Å². The minimum atomic E-state index is -0.286. The maximum absolute atomic E-state index is 13.5. The van der Waals surface area contributed by atoms with Crippen LogP contribution < -0.4 is 5.32 Å². The molecule has 2 rings (SSSR count). The zero-order chi connectivity index (χ0) is 13.7. The summed E-state index contributed by atoms with van der Waals surface area (Å²) in [5.74, 6) is -0.286. The summed E-state index contributed by atoms with van der Waals surface area (Å²) in [6, 6.07) is 10.3. The van der Waals surface area contributed by atoms with Crippen molar-refractivity contribution >= 4 is 22.9 Å². The summed E-state index contributed by atoms with van der Waals surface area (Å²) in [5, 5.41) is 11.9. The third-order valence-electron chi connectivity index (χ3n) is 2.67. The van der Waals surface area contributed by atoms with Crippen LogP contribution in [-0.4, -0.2) is 6.54 Å². The van der Waals surface area contributed by atoms with Gasteiger partial charge in [-0.3, -0.25) is 0 Å². The Labute approximate surface area is 120 Å². The predicted octanol–water partition coefficient (Wildman–Crippen LogP) is 3.74. The molecular weight excluding hydrogens is 283 g/mol. The maximum atomic E-state index is 13.5. The lowest BCUT2D eigenvalue weighted by molar-refractivity contribution is 0.588. The number of nitriles is 1. The molecule has 1 heterocycles. The van der Waals surface area contributed by atoms with Crippen LogP contribution in [0.25, 0.3) is 0 Å². The van der Waals surface area contributed by atoms with E-state index >= 15 is 0 Å². The Kier molecular flexibility index (Phi) is 4.92. The molecule has 0 atom stereocenters. The third-order valence-corrected chi connectivity index (χ3v) is 3.96. The van der Waals surface area contributed by atoms with Gasteiger partial charge >= 0.3 is 0 Å². The summed E-state index contributed by atoms with van der Waals surface area (Å²) in [7, 11) is 0. The lowest BCUT2D eigenvalue weighted by Crippen LogP contribution is -2.17. The summed E-state index contributed by atoms with van der Waals surface area (Å²) in [4.78, 5) is 1.20. The smallest absolute Gasteiger partial charge is 0.127 e. The van der Waals surface area contributed by atoms with Crippen molar-refractivity contribution in [1.29, 1.82) is 5.26 Å². The molecule has 1 aromatic carbocycles. The molecule has 0 aliphatic carbocycles. The molecule has 1 N–H and O–H groups in total. The molecule has 0 spiro atoms. The van der Waals surface area contributed by atoms with E-state index in [0.29, 0.717) is 17.7 Å². The Morgan fingerprint density at radius 3 is 2.84 bits per heavy atom. The van der Waals surface area contributed by atoms with E-state index in [1.165, 1.54) is 17.0 Å². The van der Waals surface area contributed by atoms with Crippen LogP contribution in [0.2, 0.25) is 4.34 Å². The number of hydrogen-bond donors (Lipinski definition) is 1. The van der Waals surface area contributed by atoms with Gasteiger partial charge in [0.2, 0.25) is 0 Å². The van der Waals surface area contributed by atoms with Crippen molar-refractivity contribution in [2.75, 3.05) is 6.54 Å². The van der Waals surface area contributed by atoms with E-state index in [1.54, 1.807) is 17.4 Å². The summed E-state index contributed by atoms with van der Waals surface area (Å²) in [5.41, 5.74) is 0.992. The first-order valence-electron chi connectivity index (χ1n) is 5.82. The van der Waals surface area contributed by atoms with Crippen molar-refractivity contribution < 1.29 is 4.39 Å². The van der Waals surface area contributed by atoms with E-state index in [4.69, 9.17) is 16.9 Å². The van der Waals surface area contributed by atoms with E-state index in [2.05, 4.69) is 5.32 Å². The quantitative estimate of drug-likeness (QED) is 0.853. The summed E-state index contributed by atoms with van der Waals surface area (Å²) in [6.45, 7) is 1.16. The second-order valence-electron chi connectivity index (χ2n) is 4.05. The largest absolute Gasteiger partial charge is 0.312 e. The summed E-state index contributed by atoms with van der Waals surface area (Å²) in [6.07, 6.45) is 0.858. The van der Waals surface area contributed by atoms with Crippen LogP contribution in [0.3, 0.4) is 0 Å². The fourth-order valence-electron chi connectivity index (χ4n) is 1.70. The van der Waals surface area contributed by atoms with Crippen LogP contribution in [0, 0.1) is 17.1 Å². The van der Waals surface area contributed by atoms with Crippen LogP contribution in [0.15, 0.2) is 30.3 Å². The van der Waals surface area contributed by atoms with Crippen molar-refractivity contribution in [1.82, 2.24) is 5.32 Å². The monoisotopic (exact) mass is 294 g/mol. The molecule has 0 saturated carbocycles. The molecular formula is C14H12ClFN2S. The second-order valence-corrected chi connectivity index (χ2v) is 5.85. The topological polar surface area (TPSA) is 35.8 Å². The van der Waals surface area contributed by atoms with Gasteiger partial charge in [0, 0.05) is 23.5 Å². The second kappa shape index (κ2) is 6.67. The average molecular weight is 295 g/mol. The Hall–Kier alpha value is -1.41. The predicted molar refractivity (Wildman–Crippen MR) is 75.9 cm³/mol. The van der Waals surface area contributed by atoms with Crippen LogP contribution in [0.4, 0.5) is 4.39 Å².